The third-order valence-electron chi connectivity index (χ3n) is 3.42. The molecule has 20 heavy (non-hydrogen) atoms. The van der Waals surface area contributed by atoms with Crippen LogP contribution in [0.25, 0.3) is 0 Å². The molecule has 6 heteroatoms. The highest BCUT2D eigenvalue weighted by Gasteiger charge is 2.21. The van der Waals surface area contributed by atoms with Gasteiger partial charge in [-0.3, -0.25) is 0 Å². The van der Waals surface area contributed by atoms with Crippen molar-refractivity contribution in [3.05, 3.63) is 44.7 Å². The van der Waals surface area contributed by atoms with Gasteiger partial charge in [-0.1, -0.05) is 11.6 Å². The molecule has 0 saturated carbocycles. The maximum absolute atomic E-state index is 11.0. The van der Waals surface area contributed by atoms with Crippen LogP contribution in [0.5, 0.6) is 0 Å². The summed E-state index contributed by atoms with van der Waals surface area (Å²) in [6.07, 6.45) is 3.26. The molecule has 0 radical (unpaired) electrons. The minimum Gasteiger partial charge on any atom is -0.478 e. The van der Waals surface area contributed by atoms with E-state index >= 15 is 0 Å². The van der Waals surface area contributed by atoms with Crippen LogP contribution in [0.4, 0.5) is 5.82 Å². The van der Waals surface area contributed by atoms with Crippen LogP contribution in [0.15, 0.2) is 23.6 Å². The zero-order valence-corrected chi connectivity index (χ0v) is 12.2. The van der Waals surface area contributed by atoms with Crippen molar-refractivity contribution in [1.82, 2.24) is 4.98 Å². The van der Waals surface area contributed by atoms with Crippen LogP contribution in [-0.2, 0) is 6.42 Å². The van der Waals surface area contributed by atoms with Crippen molar-refractivity contribution in [2.45, 2.75) is 25.3 Å². The molecule has 104 valence electrons. The lowest BCUT2D eigenvalue weighted by molar-refractivity contribution is 0.0697. The molecule has 0 bridgehead atoms. The number of hydrogen-bond acceptors (Lipinski definition) is 4. The Balaban J connectivity index is 1.88. The molecule has 0 spiro atoms. The number of carboxylic acids is 1. The van der Waals surface area contributed by atoms with E-state index in [2.05, 4.69) is 21.7 Å². The van der Waals surface area contributed by atoms with E-state index < -0.39 is 5.97 Å². The van der Waals surface area contributed by atoms with E-state index in [0.717, 1.165) is 19.3 Å². The number of carboxylic acid groups (broad SMARTS) is 1. The van der Waals surface area contributed by atoms with E-state index in [-0.39, 0.29) is 16.8 Å². The number of nitrogens with one attached hydrogen (secondary N) is 1. The Kier molecular flexibility index (Phi) is 3.63. The SMILES string of the molecule is O=C(O)c1cc(Cl)nc(NC2CCCc3sccc32)c1. The topological polar surface area (TPSA) is 62.2 Å². The molecule has 1 unspecified atom stereocenters. The molecular weight excluding hydrogens is 296 g/mol. The van der Waals surface area contributed by atoms with Crippen molar-refractivity contribution in [2.75, 3.05) is 5.32 Å². The standard InChI is InChI=1S/C14H13ClN2O2S/c15-12-6-8(14(18)19)7-13(17-12)16-10-2-1-3-11-9(10)4-5-20-11/h4-7,10H,1-3H2,(H,16,17)(H,18,19). The Bertz CT molecular complexity index is 656. The third-order valence-corrected chi connectivity index (χ3v) is 4.61. The highest BCUT2D eigenvalue weighted by Crippen LogP contribution is 2.35. The Labute approximate surface area is 125 Å². The first-order chi connectivity index (χ1) is 9.63. The molecule has 0 amide bonds. The molecule has 2 aromatic rings. The molecule has 0 saturated heterocycles. The van der Waals surface area contributed by atoms with Crippen molar-refractivity contribution in [1.29, 1.82) is 0 Å². The van der Waals surface area contributed by atoms with Crippen LogP contribution < -0.4 is 5.32 Å². The van der Waals surface area contributed by atoms with Crippen LogP contribution in [0.1, 0.15) is 39.7 Å². The highest BCUT2D eigenvalue weighted by molar-refractivity contribution is 7.10. The summed E-state index contributed by atoms with van der Waals surface area (Å²) in [6, 6.07) is 5.18. The zero-order chi connectivity index (χ0) is 14.1. The van der Waals surface area contributed by atoms with Gasteiger partial charge < -0.3 is 10.4 Å². The smallest absolute Gasteiger partial charge is 0.335 e. The van der Waals surface area contributed by atoms with Gasteiger partial charge in [0.25, 0.3) is 0 Å². The largest absolute Gasteiger partial charge is 0.478 e. The number of fused-ring (bicyclic) bond motifs is 1. The quantitative estimate of drug-likeness (QED) is 0.842. The number of halogens is 1. The van der Waals surface area contributed by atoms with Gasteiger partial charge in [-0.25, -0.2) is 9.78 Å². The number of anilines is 1. The number of carbonyl (C=O) groups is 1. The molecule has 1 aliphatic carbocycles. The minimum atomic E-state index is -1.00. The minimum absolute atomic E-state index is 0.147. The molecule has 0 aromatic carbocycles. The van der Waals surface area contributed by atoms with Crippen molar-refractivity contribution in [3.8, 4) is 0 Å². The normalized spacial score (nSPS) is 17.6. The van der Waals surface area contributed by atoms with E-state index in [1.807, 2.05) is 0 Å². The summed E-state index contributed by atoms with van der Waals surface area (Å²) in [5.74, 6) is -0.490. The van der Waals surface area contributed by atoms with Crippen molar-refractivity contribution in [3.63, 3.8) is 0 Å². The zero-order valence-electron chi connectivity index (χ0n) is 10.6. The van der Waals surface area contributed by atoms with E-state index in [0.29, 0.717) is 5.82 Å². The first kappa shape index (κ1) is 13.4. The summed E-state index contributed by atoms with van der Waals surface area (Å²) in [5, 5.41) is 14.6. The van der Waals surface area contributed by atoms with Gasteiger partial charge >= 0.3 is 5.97 Å². The summed E-state index contributed by atoms with van der Waals surface area (Å²) < 4.78 is 0. The molecule has 2 aromatic heterocycles. The second-order valence-electron chi connectivity index (χ2n) is 4.76. The maximum atomic E-state index is 11.0. The Morgan fingerprint density at radius 3 is 3.15 bits per heavy atom. The van der Waals surface area contributed by atoms with Crippen molar-refractivity contribution in [2.24, 2.45) is 0 Å². The van der Waals surface area contributed by atoms with Crippen LogP contribution in [-0.4, -0.2) is 16.1 Å². The predicted molar refractivity (Wildman–Crippen MR) is 79.8 cm³/mol. The van der Waals surface area contributed by atoms with E-state index in [1.165, 1.54) is 22.6 Å². The van der Waals surface area contributed by atoms with Gasteiger partial charge in [0, 0.05) is 4.88 Å². The number of rotatable bonds is 3. The van der Waals surface area contributed by atoms with Crippen LogP contribution in [0.2, 0.25) is 5.15 Å². The Morgan fingerprint density at radius 2 is 2.35 bits per heavy atom. The first-order valence-electron chi connectivity index (χ1n) is 6.37. The molecule has 4 nitrogen and oxygen atoms in total. The lowest BCUT2D eigenvalue weighted by Gasteiger charge is -2.24. The molecule has 3 rings (SSSR count). The second-order valence-corrected chi connectivity index (χ2v) is 6.15. The number of nitrogens with zero attached hydrogens (tertiary/aromatic N) is 1. The average molecular weight is 309 g/mol. The molecular formula is C14H13ClN2O2S. The number of thiophene rings is 1. The summed E-state index contributed by atoms with van der Waals surface area (Å²) >= 11 is 7.65. The second kappa shape index (κ2) is 5.42. The summed E-state index contributed by atoms with van der Waals surface area (Å²) in [6.45, 7) is 0. The lowest BCUT2D eigenvalue weighted by atomic mass is 9.94. The van der Waals surface area contributed by atoms with Gasteiger partial charge in [-0.15, -0.1) is 11.3 Å². The van der Waals surface area contributed by atoms with Gasteiger partial charge in [-0.05, 0) is 48.4 Å². The van der Waals surface area contributed by atoms with Gasteiger partial charge in [0.05, 0.1) is 11.6 Å². The summed E-state index contributed by atoms with van der Waals surface area (Å²) in [5.41, 5.74) is 1.44. The fourth-order valence-corrected chi connectivity index (χ4v) is 3.71. The van der Waals surface area contributed by atoms with E-state index in [1.54, 1.807) is 11.3 Å². The van der Waals surface area contributed by atoms with Gasteiger partial charge in [0.2, 0.25) is 0 Å². The van der Waals surface area contributed by atoms with Crippen LogP contribution in [0.3, 0.4) is 0 Å². The molecule has 1 atom stereocenters. The number of aryl methyl sites for hydroxylation is 1. The van der Waals surface area contributed by atoms with E-state index in [9.17, 15) is 4.79 Å². The molecule has 2 heterocycles. The number of aromatic carboxylic acids is 1. The van der Waals surface area contributed by atoms with Crippen molar-refractivity contribution >= 4 is 34.7 Å². The Hall–Kier alpha value is -1.59. The highest BCUT2D eigenvalue weighted by atomic mass is 35.5. The Morgan fingerprint density at radius 1 is 1.50 bits per heavy atom. The lowest BCUT2D eigenvalue weighted by Crippen LogP contribution is -2.16. The van der Waals surface area contributed by atoms with Crippen molar-refractivity contribution < 1.29 is 9.90 Å². The fraction of sp³-hybridized carbons (Fsp3) is 0.286. The predicted octanol–water partition coefficient (Wildman–Crippen LogP) is 3.98. The molecule has 0 fully saturated rings. The van der Waals surface area contributed by atoms with Gasteiger partial charge in [0.1, 0.15) is 11.0 Å². The monoisotopic (exact) mass is 308 g/mol. The number of pyridine rings is 1. The summed E-state index contributed by atoms with van der Waals surface area (Å²) in [4.78, 5) is 16.6. The first-order valence-corrected chi connectivity index (χ1v) is 7.63. The molecule has 1 aliphatic rings. The fourth-order valence-electron chi connectivity index (χ4n) is 2.51. The third kappa shape index (κ3) is 2.64. The van der Waals surface area contributed by atoms with Crippen LogP contribution >= 0.6 is 22.9 Å². The van der Waals surface area contributed by atoms with Gasteiger partial charge in [-0.2, -0.15) is 0 Å². The van der Waals surface area contributed by atoms with Crippen LogP contribution in [0, 0.1) is 0 Å². The molecule has 2 N–H and O–H groups in total. The number of hydrogen-bond donors (Lipinski definition) is 2. The maximum Gasteiger partial charge on any atom is 0.335 e. The molecule has 0 aliphatic heterocycles. The summed E-state index contributed by atoms with van der Waals surface area (Å²) in [7, 11) is 0. The number of aromatic nitrogens is 1. The van der Waals surface area contributed by atoms with E-state index in [4.69, 9.17) is 16.7 Å². The van der Waals surface area contributed by atoms with Gasteiger partial charge in [0.15, 0.2) is 0 Å². The average Bonchev–Trinajstić information content (AvgIpc) is 2.87.